The first-order valence-corrected chi connectivity index (χ1v) is 24.6. The molecule has 0 aliphatic heterocycles. The van der Waals surface area contributed by atoms with Gasteiger partial charge in [-0.15, -0.1) is 0 Å². The molecule has 338 valence electrons. The fourth-order valence-corrected chi connectivity index (χ4v) is 6.77. The molecule has 1 atom stereocenters. The molecule has 0 spiro atoms. The summed E-state index contributed by atoms with van der Waals surface area (Å²) < 4.78 is 10.7. The van der Waals surface area contributed by atoms with E-state index in [9.17, 15) is 14.7 Å². The summed E-state index contributed by atoms with van der Waals surface area (Å²) >= 11 is 0. The zero-order chi connectivity index (χ0) is 42.8. The maximum absolute atomic E-state index is 12.3. The molecular formula is C54H92O5. The summed E-state index contributed by atoms with van der Waals surface area (Å²) in [6.45, 7) is 4.02. The van der Waals surface area contributed by atoms with Crippen LogP contribution in [0.3, 0.4) is 0 Å². The Bertz CT molecular complexity index is 1110. The lowest BCUT2D eigenvalue weighted by molar-refractivity contribution is -0.161. The molecule has 0 saturated carbocycles. The van der Waals surface area contributed by atoms with E-state index in [1.165, 1.54) is 96.3 Å². The molecular weight excluding hydrogens is 729 g/mol. The molecule has 0 saturated heterocycles. The van der Waals surface area contributed by atoms with Crippen LogP contribution in [0.1, 0.15) is 226 Å². The van der Waals surface area contributed by atoms with Gasteiger partial charge in [-0.3, -0.25) is 9.59 Å². The second-order valence-corrected chi connectivity index (χ2v) is 16.2. The van der Waals surface area contributed by atoms with Crippen molar-refractivity contribution in [3.8, 4) is 0 Å². The minimum atomic E-state index is -0.786. The van der Waals surface area contributed by atoms with E-state index in [1.807, 2.05) is 0 Å². The van der Waals surface area contributed by atoms with Gasteiger partial charge in [-0.2, -0.15) is 0 Å². The number of carbonyl (C=O) groups is 2. The van der Waals surface area contributed by atoms with Crippen LogP contribution in [-0.4, -0.2) is 36.4 Å². The van der Waals surface area contributed by atoms with Gasteiger partial charge in [0, 0.05) is 12.8 Å². The van der Waals surface area contributed by atoms with E-state index in [4.69, 9.17) is 9.47 Å². The van der Waals surface area contributed by atoms with E-state index in [0.717, 1.165) is 103 Å². The number of unbranched alkanes of at least 4 members (excludes halogenated alkanes) is 22. The number of aliphatic hydroxyl groups excluding tert-OH is 1. The number of hydrogen-bond acceptors (Lipinski definition) is 5. The minimum Gasteiger partial charge on any atom is -0.462 e. The van der Waals surface area contributed by atoms with Gasteiger partial charge in [-0.25, -0.2) is 0 Å². The minimum absolute atomic E-state index is 0.0757. The van der Waals surface area contributed by atoms with Crippen LogP contribution >= 0.6 is 0 Å². The Kier molecular flexibility index (Phi) is 47.0. The first-order chi connectivity index (χ1) is 29.1. The Balaban J connectivity index is 3.60. The van der Waals surface area contributed by atoms with Gasteiger partial charge in [0.2, 0.25) is 0 Å². The van der Waals surface area contributed by atoms with E-state index in [-0.39, 0.29) is 25.2 Å². The molecule has 59 heavy (non-hydrogen) atoms. The van der Waals surface area contributed by atoms with E-state index >= 15 is 0 Å². The zero-order valence-corrected chi connectivity index (χ0v) is 38.5. The predicted octanol–water partition coefficient (Wildman–Crippen LogP) is 16.2. The third-order valence-electron chi connectivity index (χ3n) is 10.5. The van der Waals surface area contributed by atoms with Gasteiger partial charge in [0.1, 0.15) is 6.61 Å². The first kappa shape index (κ1) is 56.1. The summed E-state index contributed by atoms with van der Waals surface area (Å²) in [6, 6.07) is 0. The van der Waals surface area contributed by atoms with Crippen LogP contribution in [0.5, 0.6) is 0 Å². The Hall–Kier alpha value is -2.92. The lowest BCUT2D eigenvalue weighted by atomic mass is 10.0. The molecule has 0 aromatic rings. The fraction of sp³-hybridized carbons (Fsp3) is 0.704. The molecule has 0 aliphatic rings. The van der Waals surface area contributed by atoms with Crippen LogP contribution < -0.4 is 0 Å². The molecule has 0 aromatic carbocycles. The molecule has 1 N–H and O–H groups in total. The summed E-state index contributed by atoms with van der Waals surface area (Å²) in [4.78, 5) is 24.4. The van der Waals surface area contributed by atoms with E-state index in [2.05, 4.69) is 98.9 Å². The summed E-state index contributed by atoms with van der Waals surface area (Å²) in [5.74, 6) is -0.611. The second kappa shape index (κ2) is 49.4. The average molecular weight is 821 g/mol. The number of esters is 2. The Morgan fingerprint density at radius 2 is 0.729 bits per heavy atom. The van der Waals surface area contributed by atoms with Crippen molar-refractivity contribution in [2.45, 2.75) is 232 Å². The average Bonchev–Trinajstić information content (AvgIpc) is 3.24. The lowest BCUT2D eigenvalue weighted by Crippen LogP contribution is -2.28. The number of carbonyl (C=O) groups excluding carboxylic acids is 2. The normalized spacial score (nSPS) is 12.9. The zero-order valence-electron chi connectivity index (χ0n) is 38.5. The molecule has 0 aliphatic carbocycles. The second-order valence-electron chi connectivity index (χ2n) is 16.2. The highest BCUT2D eigenvalue weighted by atomic mass is 16.6. The smallest absolute Gasteiger partial charge is 0.306 e. The van der Waals surface area contributed by atoms with Gasteiger partial charge in [-0.05, 0) is 70.6 Å². The quantitative estimate of drug-likeness (QED) is 0.0376. The van der Waals surface area contributed by atoms with Gasteiger partial charge < -0.3 is 14.6 Å². The highest BCUT2D eigenvalue weighted by molar-refractivity contribution is 5.70. The molecule has 0 amide bonds. The van der Waals surface area contributed by atoms with Crippen LogP contribution in [0.15, 0.2) is 85.1 Å². The molecule has 0 rings (SSSR count). The lowest BCUT2D eigenvalue weighted by Gasteiger charge is -2.15. The van der Waals surface area contributed by atoms with Crippen LogP contribution in [0.2, 0.25) is 0 Å². The Labute approximate surface area is 365 Å². The molecule has 0 bridgehead atoms. The molecule has 0 aromatic heterocycles. The maximum Gasteiger partial charge on any atom is 0.306 e. The maximum atomic E-state index is 12.3. The highest BCUT2D eigenvalue weighted by Crippen LogP contribution is 2.15. The van der Waals surface area contributed by atoms with Gasteiger partial charge in [0.25, 0.3) is 0 Å². The fourth-order valence-electron chi connectivity index (χ4n) is 6.77. The summed E-state index contributed by atoms with van der Waals surface area (Å²) in [6.07, 6.45) is 68.1. The van der Waals surface area contributed by atoms with E-state index in [0.29, 0.717) is 12.8 Å². The summed E-state index contributed by atoms with van der Waals surface area (Å²) in [5.41, 5.74) is 0. The molecule has 1 unspecified atom stereocenters. The summed E-state index contributed by atoms with van der Waals surface area (Å²) in [7, 11) is 0. The number of hydrogen-bond donors (Lipinski definition) is 1. The van der Waals surface area contributed by atoms with Crippen LogP contribution in [0.4, 0.5) is 0 Å². The summed E-state index contributed by atoms with van der Waals surface area (Å²) in [5, 5.41) is 9.61. The number of aliphatic hydroxyl groups is 1. The van der Waals surface area contributed by atoms with Crippen molar-refractivity contribution in [2.75, 3.05) is 13.2 Å². The van der Waals surface area contributed by atoms with Gasteiger partial charge >= 0.3 is 11.9 Å². The molecule has 0 heterocycles. The largest absolute Gasteiger partial charge is 0.462 e. The van der Waals surface area contributed by atoms with Crippen LogP contribution in [0, 0.1) is 0 Å². The number of allylic oxidation sites excluding steroid dienone is 14. The number of ether oxygens (including phenoxy) is 2. The van der Waals surface area contributed by atoms with Crippen molar-refractivity contribution < 1.29 is 24.2 Å². The topological polar surface area (TPSA) is 72.8 Å². The van der Waals surface area contributed by atoms with Crippen molar-refractivity contribution in [3.63, 3.8) is 0 Å². The van der Waals surface area contributed by atoms with Crippen LogP contribution in [0.25, 0.3) is 0 Å². The molecule has 0 radical (unpaired) electrons. The van der Waals surface area contributed by atoms with Crippen molar-refractivity contribution in [1.29, 1.82) is 0 Å². The van der Waals surface area contributed by atoms with Crippen molar-refractivity contribution in [1.82, 2.24) is 0 Å². The Morgan fingerprint density at radius 3 is 1.10 bits per heavy atom. The molecule has 5 nitrogen and oxygen atoms in total. The third kappa shape index (κ3) is 47.6. The SMILES string of the molecule is CC/C=C\C/C=C\C/C=C\C/C=C\C/C=C\C/C=C\C/C=C\CCCCCCCC(=O)OC(CO)COC(=O)CCCCCCCCCCCCCCCCCCCC. The van der Waals surface area contributed by atoms with Gasteiger partial charge in [-0.1, -0.05) is 227 Å². The highest BCUT2D eigenvalue weighted by Gasteiger charge is 2.16. The van der Waals surface area contributed by atoms with E-state index in [1.54, 1.807) is 0 Å². The van der Waals surface area contributed by atoms with Crippen molar-refractivity contribution in [2.24, 2.45) is 0 Å². The van der Waals surface area contributed by atoms with Gasteiger partial charge in [0.05, 0.1) is 6.61 Å². The first-order valence-electron chi connectivity index (χ1n) is 24.6. The van der Waals surface area contributed by atoms with Crippen LogP contribution in [-0.2, 0) is 19.1 Å². The monoisotopic (exact) mass is 821 g/mol. The van der Waals surface area contributed by atoms with E-state index < -0.39 is 6.10 Å². The number of rotatable bonds is 44. The van der Waals surface area contributed by atoms with Crippen molar-refractivity contribution in [3.05, 3.63) is 85.1 Å². The van der Waals surface area contributed by atoms with Gasteiger partial charge in [0.15, 0.2) is 6.10 Å². The molecule has 0 fully saturated rings. The predicted molar refractivity (Wildman–Crippen MR) is 256 cm³/mol. The third-order valence-corrected chi connectivity index (χ3v) is 10.5. The molecule has 5 heteroatoms. The standard InChI is InChI=1S/C54H92O5/c1-3-5-7-9-11-13-15-17-19-21-23-24-25-26-27-28-29-30-31-33-35-37-39-41-43-45-47-49-54(57)59-52(50-55)51-58-53(56)48-46-44-42-40-38-36-34-32-22-20-18-16-14-12-10-8-6-4-2/h5,7,11,13,17,19,23-24,26-27,29-30,33,35,52,55H,3-4,6,8-10,12,14-16,18,20-22,25,28,31-32,34,36-51H2,1-2H3/b7-5-,13-11-,19-17-,24-23-,27-26-,30-29-,35-33-. The Morgan fingerprint density at radius 1 is 0.407 bits per heavy atom. The van der Waals surface area contributed by atoms with Crippen molar-refractivity contribution >= 4 is 11.9 Å².